The molecule has 0 bridgehead atoms. The van der Waals surface area contributed by atoms with Crippen LogP contribution in [0.4, 0.5) is 0 Å². The summed E-state index contributed by atoms with van der Waals surface area (Å²) in [5.74, 6) is 0.717. The Hall–Kier alpha value is -6.16. The molecule has 0 saturated carbocycles. The molecule has 0 aliphatic carbocycles. The van der Waals surface area contributed by atoms with Crippen LogP contribution in [0.2, 0.25) is 0 Å². The molecule has 0 unspecified atom stereocenters. The van der Waals surface area contributed by atoms with Crippen molar-refractivity contribution in [3.63, 3.8) is 0 Å². The topological polar surface area (TPSA) is 25.8 Å². The summed E-state index contributed by atoms with van der Waals surface area (Å²) in [6, 6.07) is 60.8. The number of aromatic nitrogens is 2. The van der Waals surface area contributed by atoms with Gasteiger partial charge in [0.05, 0.1) is 11.4 Å². The average molecular weight is 641 g/mol. The van der Waals surface area contributed by atoms with Crippen LogP contribution in [0, 0.1) is 0 Å². The second-order valence-corrected chi connectivity index (χ2v) is 13.6. The summed E-state index contributed by atoms with van der Waals surface area (Å²) in [6.07, 6.45) is 0. The van der Waals surface area contributed by atoms with Crippen molar-refractivity contribution in [1.82, 2.24) is 9.97 Å². The molecule has 2 heterocycles. The summed E-state index contributed by atoms with van der Waals surface area (Å²) < 4.78 is 2.52. The molecule has 3 heteroatoms. The van der Waals surface area contributed by atoms with Gasteiger partial charge in [-0.15, -0.1) is 11.3 Å². The summed E-state index contributed by atoms with van der Waals surface area (Å²) >= 11 is 1.83. The van der Waals surface area contributed by atoms with Crippen molar-refractivity contribution >= 4 is 63.8 Å². The monoisotopic (exact) mass is 640 g/mol. The third-order valence-electron chi connectivity index (χ3n) is 9.68. The van der Waals surface area contributed by atoms with Gasteiger partial charge in [0.15, 0.2) is 5.82 Å². The molecule has 0 saturated heterocycles. The van der Waals surface area contributed by atoms with Crippen molar-refractivity contribution in [2.75, 3.05) is 0 Å². The highest BCUT2D eigenvalue weighted by Gasteiger charge is 2.19. The molecule has 49 heavy (non-hydrogen) atoms. The van der Waals surface area contributed by atoms with Crippen LogP contribution in [0.3, 0.4) is 0 Å². The SMILES string of the molecule is c1ccc(-c2nc(-c3ccccc3-c3c4ccccc4cc4c3ccc3ccccc34)cc(-c3cccc4c3sc3ccccc34)n2)cc1. The number of fused-ring (bicyclic) bond motifs is 7. The number of thiophene rings is 1. The van der Waals surface area contributed by atoms with Crippen LogP contribution in [0.25, 0.3) is 97.5 Å². The van der Waals surface area contributed by atoms with Crippen molar-refractivity contribution in [2.45, 2.75) is 0 Å². The van der Waals surface area contributed by atoms with Gasteiger partial charge < -0.3 is 0 Å². The first-order chi connectivity index (χ1) is 24.3. The highest BCUT2D eigenvalue weighted by atomic mass is 32.1. The fraction of sp³-hybridized carbons (Fsp3) is 0. The lowest BCUT2D eigenvalue weighted by Crippen LogP contribution is -1.97. The van der Waals surface area contributed by atoms with Crippen LogP contribution in [0.1, 0.15) is 0 Å². The minimum Gasteiger partial charge on any atom is -0.228 e. The van der Waals surface area contributed by atoms with Gasteiger partial charge in [0.2, 0.25) is 0 Å². The van der Waals surface area contributed by atoms with E-state index in [4.69, 9.17) is 9.97 Å². The fourth-order valence-corrected chi connectivity index (χ4v) is 8.65. The Balaban J connectivity index is 1.27. The first kappa shape index (κ1) is 27.9. The Kier molecular flexibility index (Phi) is 6.39. The summed E-state index contributed by atoms with van der Waals surface area (Å²) in [6.45, 7) is 0. The van der Waals surface area contributed by atoms with E-state index in [0.717, 1.165) is 39.5 Å². The summed E-state index contributed by atoms with van der Waals surface area (Å²) in [5, 5.41) is 9.98. The Morgan fingerprint density at radius 1 is 0.367 bits per heavy atom. The van der Waals surface area contributed by atoms with E-state index in [1.54, 1.807) is 0 Å². The molecule has 0 aliphatic heterocycles. The normalized spacial score (nSPS) is 11.7. The van der Waals surface area contributed by atoms with Gasteiger partial charge in [-0.25, -0.2) is 9.97 Å². The van der Waals surface area contributed by atoms with Gasteiger partial charge >= 0.3 is 0 Å². The van der Waals surface area contributed by atoms with Crippen molar-refractivity contribution in [1.29, 1.82) is 0 Å². The molecule has 0 fully saturated rings. The summed E-state index contributed by atoms with van der Waals surface area (Å²) in [4.78, 5) is 10.6. The van der Waals surface area contributed by atoms with E-state index in [-0.39, 0.29) is 0 Å². The van der Waals surface area contributed by atoms with Crippen LogP contribution in [0.5, 0.6) is 0 Å². The maximum Gasteiger partial charge on any atom is 0.160 e. The molecule has 0 N–H and O–H groups in total. The van der Waals surface area contributed by atoms with Gasteiger partial charge in [-0.3, -0.25) is 0 Å². The predicted molar refractivity (Wildman–Crippen MR) is 209 cm³/mol. The van der Waals surface area contributed by atoms with Crippen LogP contribution in [-0.2, 0) is 0 Å². The van der Waals surface area contributed by atoms with Gasteiger partial charge in [0, 0.05) is 36.9 Å². The Morgan fingerprint density at radius 3 is 1.86 bits per heavy atom. The van der Waals surface area contributed by atoms with Crippen molar-refractivity contribution in [3.8, 4) is 45.0 Å². The molecule has 228 valence electrons. The molecule has 8 aromatic carbocycles. The largest absolute Gasteiger partial charge is 0.228 e. The Labute approximate surface area is 287 Å². The van der Waals surface area contributed by atoms with Gasteiger partial charge in [0.1, 0.15) is 0 Å². The standard InChI is InChI=1S/C46H28N2S/c1-2-14-30(15-3-1)46-47-41(28-42(48-46)39-23-12-22-38-35-20-10-11-24-43(35)49-45(38)39)34-19-8-9-21-36(34)44-33-18-7-5-16-31(33)27-40-32-17-6-4-13-29(32)25-26-37(40)44/h1-28H. The van der Waals surface area contributed by atoms with Crippen LogP contribution < -0.4 is 0 Å². The molecule has 10 rings (SSSR count). The van der Waals surface area contributed by atoms with E-state index in [1.165, 1.54) is 58.1 Å². The number of hydrogen-bond donors (Lipinski definition) is 0. The maximum atomic E-state index is 5.31. The average Bonchev–Trinajstić information content (AvgIpc) is 3.56. The zero-order chi connectivity index (χ0) is 32.3. The summed E-state index contributed by atoms with van der Waals surface area (Å²) in [7, 11) is 0. The molecule has 0 atom stereocenters. The van der Waals surface area contributed by atoms with Gasteiger partial charge in [-0.1, -0.05) is 152 Å². The second-order valence-electron chi connectivity index (χ2n) is 12.5. The number of benzene rings is 8. The highest BCUT2D eigenvalue weighted by molar-refractivity contribution is 7.26. The van der Waals surface area contributed by atoms with E-state index in [0.29, 0.717) is 0 Å². The number of rotatable bonds is 4. The minimum atomic E-state index is 0.717. The Bertz CT molecular complexity index is 2890. The molecule has 0 amide bonds. The first-order valence-electron chi connectivity index (χ1n) is 16.6. The van der Waals surface area contributed by atoms with Crippen molar-refractivity contribution in [3.05, 3.63) is 170 Å². The molecule has 0 aliphatic rings. The first-order valence-corrected chi connectivity index (χ1v) is 17.4. The third kappa shape index (κ3) is 4.55. The zero-order valence-electron chi connectivity index (χ0n) is 26.5. The van der Waals surface area contributed by atoms with E-state index in [1.807, 2.05) is 17.4 Å². The quantitative estimate of drug-likeness (QED) is 0.141. The van der Waals surface area contributed by atoms with E-state index in [9.17, 15) is 0 Å². The maximum absolute atomic E-state index is 5.31. The second kappa shape index (κ2) is 11.2. The van der Waals surface area contributed by atoms with Gasteiger partial charge in [0.25, 0.3) is 0 Å². The summed E-state index contributed by atoms with van der Waals surface area (Å²) in [5.41, 5.74) is 7.40. The van der Waals surface area contributed by atoms with Crippen molar-refractivity contribution < 1.29 is 0 Å². The molecular weight excluding hydrogens is 613 g/mol. The zero-order valence-corrected chi connectivity index (χ0v) is 27.3. The van der Waals surface area contributed by atoms with E-state index in [2.05, 4.69) is 164 Å². The van der Waals surface area contributed by atoms with E-state index < -0.39 is 0 Å². The van der Waals surface area contributed by atoms with E-state index >= 15 is 0 Å². The minimum absolute atomic E-state index is 0.717. The molecule has 2 aromatic heterocycles. The van der Waals surface area contributed by atoms with Crippen LogP contribution in [0.15, 0.2) is 170 Å². The molecule has 0 radical (unpaired) electrons. The molecule has 0 spiro atoms. The van der Waals surface area contributed by atoms with Crippen molar-refractivity contribution in [2.24, 2.45) is 0 Å². The number of nitrogens with zero attached hydrogens (tertiary/aromatic N) is 2. The fourth-order valence-electron chi connectivity index (χ4n) is 7.42. The predicted octanol–water partition coefficient (Wildman–Crippen LogP) is 13.0. The molecule has 2 nitrogen and oxygen atoms in total. The third-order valence-corrected chi connectivity index (χ3v) is 10.9. The van der Waals surface area contributed by atoms with Gasteiger partial charge in [-0.2, -0.15) is 0 Å². The smallest absolute Gasteiger partial charge is 0.160 e. The molecular formula is C46H28N2S. The number of hydrogen-bond acceptors (Lipinski definition) is 3. The van der Waals surface area contributed by atoms with Crippen LogP contribution >= 0.6 is 11.3 Å². The molecule has 10 aromatic rings. The Morgan fingerprint density at radius 2 is 1.00 bits per heavy atom. The van der Waals surface area contributed by atoms with Crippen LogP contribution in [-0.4, -0.2) is 9.97 Å². The lowest BCUT2D eigenvalue weighted by Gasteiger charge is -2.17. The lowest BCUT2D eigenvalue weighted by molar-refractivity contribution is 1.19. The lowest BCUT2D eigenvalue weighted by atomic mass is 9.87. The highest BCUT2D eigenvalue weighted by Crippen LogP contribution is 2.44. The van der Waals surface area contributed by atoms with Gasteiger partial charge in [-0.05, 0) is 61.6 Å².